The number of aromatic nitrogens is 2. The van der Waals surface area contributed by atoms with Gasteiger partial charge in [-0.15, -0.1) is 0 Å². The van der Waals surface area contributed by atoms with Crippen molar-refractivity contribution in [2.45, 2.75) is 39.3 Å². The second-order valence-corrected chi connectivity index (χ2v) is 3.78. The molecule has 0 bridgehead atoms. The average Bonchev–Trinajstić information content (AvgIpc) is 2.65. The fourth-order valence-corrected chi connectivity index (χ4v) is 2.12. The van der Waals surface area contributed by atoms with Gasteiger partial charge in [-0.1, -0.05) is 6.92 Å². The Labute approximate surface area is 89.9 Å². The summed E-state index contributed by atoms with van der Waals surface area (Å²) in [5.74, 6) is 0. The van der Waals surface area contributed by atoms with E-state index < -0.39 is 0 Å². The lowest BCUT2D eigenvalue weighted by Crippen LogP contribution is -2.25. The summed E-state index contributed by atoms with van der Waals surface area (Å²) in [5.41, 5.74) is 3.89. The maximum atomic E-state index is 8.59. The summed E-state index contributed by atoms with van der Waals surface area (Å²) >= 11 is 0. The Hall–Kier alpha value is -1.34. The highest BCUT2D eigenvalue weighted by Gasteiger charge is 2.18. The van der Waals surface area contributed by atoms with Crippen LogP contribution in [0.1, 0.15) is 30.3 Å². The summed E-state index contributed by atoms with van der Waals surface area (Å²) in [6.45, 7) is 4.82. The summed E-state index contributed by atoms with van der Waals surface area (Å²) in [6.07, 6.45) is 2.56. The number of nitrogens with zero attached hydrogens (tertiary/aromatic N) is 3. The van der Waals surface area contributed by atoms with Crippen molar-refractivity contribution in [2.75, 3.05) is 6.54 Å². The Morgan fingerprint density at radius 1 is 1.60 bits per heavy atom. The Bertz CT molecular complexity index is 386. The van der Waals surface area contributed by atoms with E-state index in [4.69, 9.17) is 5.26 Å². The molecular weight excluding hydrogens is 188 g/mol. The van der Waals surface area contributed by atoms with E-state index in [1.807, 2.05) is 4.68 Å². The predicted molar refractivity (Wildman–Crippen MR) is 57.2 cm³/mol. The summed E-state index contributed by atoms with van der Waals surface area (Å²) in [4.78, 5) is 0. The van der Waals surface area contributed by atoms with Gasteiger partial charge in [0.15, 0.2) is 0 Å². The molecule has 2 rings (SSSR count). The van der Waals surface area contributed by atoms with E-state index in [-0.39, 0.29) is 0 Å². The van der Waals surface area contributed by atoms with E-state index in [2.05, 4.69) is 23.4 Å². The SMILES string of the molecule is CCc1nn(CCC#N)c2c1CNCC2. The van der Waals surface area contributed by atoms with Crippen LogP contribution in [0.5, 0.6) is 0 Å². The highest BCUT2D eigenvalue weighted by atomic mass is 15.3. The number of rotatable bonds is 3. The Morgan fingerprint density at radius 3 is 3.20 bits per heavy atom. The highest BCUT2D eigenvalue weighted by molar-refractivity contribution is 5.28. The van der Waals surface area contributed by atoms with Crippen LogP contribution in [-0.4, -0.2) is 16.3 Å². The number of nitriles is 1. The van der Waals surface area contributed by atoms with Crippen molar-refractivity contribution in [1.29, 1.82) is 5.26 Å². The molecule has 4 heteroatoms. The molecule has 80 valence electrons. The minimum absolute atomic E-state index is 0.546. The van der Waals surface area contributed by atoms with Crippen LogP contribution in [0.3, 0.4) is 0 Å². The van der Waals surface area contributed by atoms with Gasteiger partial charge in [0.25, 0.3) is 0 Å². The number of fused-ring (bicyclic) bond motifs is 1. The number of hydrogen-bond acceptors (Lipinski definition) is 3. The van der Waals surface area contributed by atoms with Crippen molar-refractivity contribution in [3.8, 4) is 6.07 Å². The van der Waals surface area contributed by atoms with E-state index in [1.54, 1.807) is 0 Å². The predicted octanol–water partition coefficient (Wildman–Crippen LogP) is 1.00. The third-order valence-corrected chi connectivity index (χ3v) is 2.86. The molecule has 0 aromatic carbocycles. The maximum Gasteiger partial charge on any atom is 0.0669 e. The zero-order valence-electron chi connectivity index (χ0n) is 9.08. The van der Waals surface area contributed by atoms with Gasteiger partial charge < -0.3 is 5.32 Å². The van der Waals surface area contributed by atoms with Crippen LogP contribution in [-0.2, 0) is 25.9 Å². The molecule has 0 spiro atoms. The molecule has 0 saturated heterocycles. The molecule has 2 heterocycles. The molecule has 0 saturated carbocycles. The first kappa shape index (κ1) is 10.2. The van der Waals surface area contributed by atoms with Crippen LogP contribution in [0.2, 0.25) is 0 Å². The third kappa shape index (κ3) is 1.88. The smallest absolute Gasteiger partial charge is 0.0669 e. The van der Waals surface area contributed by atoms with Gasteiger partial charge in [0.05, 0.1) is 24.7 Å². The second kappa shape index (κ2) is 4.45. The molecule has 0 amide bonds. The second-order valence-electron chi connectivity index (χ2n) is 3.78. The van der Waals surface area contributed by atoms with Crippen molar-refractivity contribution in [3.05, 3.63) is 17.0 Å². The van der Waals surface area contributed by atoms with E-state index in [0.29, 0.717) is 6.42 Å². The van der Waals surface area contributed by atoms with Crippen molar-refractivity contribution in [2.24, 2.45) is 0 Å². The third-order valence-electron chi connectivity index (χ3n) is 2.86. The summed E-state index contributed by atoms with van der Waals surface area (Å²) in [6, 6.07) is 2.17. The quantitative estimate of drug-likeness (QED) is 0.799. The highest BCUT2D eigenvalue weighted by Crippen LogP contribution is 2.19. The summed E-state index contributed by atoms with van der Waals surface area (Å²) in [7, 11) is 0. The lowest BCUT2D eigenvalue weighted by molar-refractivity contribution is 0.556. The molecule has 1 aliphatic heterocycles. The molecule has 0 unspecified atom stereocenters. The van der Waals surface area contributed by atoms with Crippen molar-refractivity contribution in [1.82, 2.24) is 15.1 Å². The minimum Gasteiger partial charge on any atom is -0.312 e. The van der Waals surface area contributed by atoms with Gasteiger partial charge in [0.1, 0.15) is 0 Å². The zero-order chi connectivity index (χ0) is 10.7. The largest absolute Gasteiger partial charge is 0.312 e. The number of hydrogen-bond donors (Lipinski definition) is 1. The fraction of sp³-hybridized carbons (Fsp3) is 0.636. The molecule has 0 radical (unpaired) electrons. The van der Waals surface area contributed by atoms with Crippen LogP contribution >= 0.6 is 0 Å². The van der Waals surface area contributed by atoms with Crippen LogP contribution < -0.4 is 5.32 Å². The van der Waals surface area contributed by atoms with Crippen LogP contribution in [0.4, 0.5) is 0 Å². The average molecular weight is 204 g/mol. The molecule has 0 atom stereocenters. The van der Waals surface area contributed by atoms with Gasteiger partial charge >= 0.3 is 0 Å². The molecule has 1 aliphatic rings. The zero-order valence-corrected chi connectivity index (χ0v) is 9.08. The minimum atomic E-state index is 0.546. The number of aryl methyl sites for hydroxylation is 2. The molecule has 15 heavy (non-hydrogen) atoms. The first-order valence-corrected chi connectivity index (χ1v) is 5.52. The van der Waals surface area contributed by atoms with Gasteiger partial charge in [-0.2, -0.15) is 10.4 Å². The molecule has 1 N–H and O–H groups in total. The van der Waals surface area contributed by atoms with Gasteiger partial charge in [-0.25, -0.2) is 0 Å². The standard InChI is InChI=1S/C11H16N4/c1-2-10-9-8-13-6-4-11(9)15(14-10)7-3-5-12/h13H,2-4,6-8H2,1H3. The van der Waals surface area contributed by atoms with E-state index in [9.17, 15) is 0 Å². The van der Waals surface area contributed by atoms with Crippen LogP contribution in [0, 0.1) is 11.3 Å². The normalized spacial score (nSPS) is 14.7. The first-order valence-electron chi connectivity index (χ1n) is 5.52. The summed E-state index contributed by atoms with van der Waals surface area (Å²) < 4.78 is 2.03. The van der Waals surface area contributed by atoms with E-state index in [0.717, 1.165) is 32.5 Å². The van der Waals surface area contributed by atoms with Gasteiger partial charge in [0, 0.05) is 30.8 Å². The van der Waals surface area contributed by atoms with E-state index in [1.165, 1.54) is 17.0 Å². The lowest BCUT2D eigenvalue weighted by Gasteiger charge is -2.15. The van der Waals surface area contributed by atoms with Crippen molar-refractivity contribution < 1.29 is 0 Å². The monoisotopic (exact) mass is 204 g/mol. The first-order chi connectivity index (χ1) is 7.36. The molecule has 0 fully saturated rings. The Kier molecular flexibility index (Phi) is 3.02. The molecule has 1 aromatic heterocycles. The van der Waals surface area contributed by atoms with Crippen LogP contribution in [0.25, 0.3) is 0 Å². The maximum absolute atomic E-state index is 8.59. The number of nitrogens with one attached hydrogen (secondary N) is 1. The molecule has 1 aromatic rings. The van der Waals surface area contributed by atoms with Gasteiger partial charge in [-0.3, -0.25) is 4.68 Å². The Morgan fingerprint density at radius 2 is 2.47 bits per heavy atom. The van der Waals surface area contributed by atoms with Gasteiger partial charge in [0.2, 0.25) is 0 Å². The summed E-state index contributed by atoms with van der Waals surface area (Å²) in [5, 5.41) is 16.5. The van der Waals surface area contributed by atoms with Gasteiger partial charge in [-0.05, 0) is 6.42 Å². The topological polar surface area (TPSA) is 53.6 Å². The Balaban J connectivity index is 2.30. The molecule has 0 aliphatic carbocycles. The van der Waals surface area contributed by atoms with E-state index >= 15 is 0 Å². The molecule has 4 nitrogen and oxygen atoms in total. The van der Waals surface area contributed by atoms with Crippen molar-refractivity contribution >= 4 is 0 Å². The molecular formula is C11H16N4. The lowest BCUT2D eigenvalue weighted by atomic mass is 10.1. The van der Waals surface area contributed by atoms with Crippen molar-refractivity contribution in [3.63, 3.8) is 0 Å². The van der Waals surface area contributed by atoms with Crippen LogP contribution in [0.15, 0.2) is 0 Å². The fourth-order valence-electron chi connectivity index (χ4n) is 2.12.